The Bertz CT molecular complexity index is 754. The highest BCUT2D eigenvalue weighted by molar-refractivity contribution is 6.32. The SMILES string of the molecule is COc1cc(-c2nc(C3CNCCN3C)no2)cc(Cl)c1OCC(C)C.Cl. The van der Waals surface area contributed by atoms with Gasteiger partial charge >= 0.3 is 0 Å². The van der Waals surface area contributed by atoms with Crippen molar-refractivity contribution < 1.29 is 14.0 Å². The summed E-state index contributed by atoms with van der Waals surface area (Å²) in [6, 6.07) is 3.66. The molecule has 27 heavy (non-hydrogen) atoms. The van der Waals surface area contributed by atoms with Crippen molar-refractivity contribution in [2.75, 3.05) is 40.4 Å². The molecule has 2 aromatic rings. The van der Waals surface area contributed by atoms with Gasteiger partial charge in [0.25, 0.3) is 5.89 Å². The van der Waals surface area contributed by atoms with Gasteiger partial charge in [-0.3, -0.25) is 4.90 Å². The minimum Gasteiger partial charge on any atom is -0.493 e. The van der Waals surface area contributed by atoms with Crippen LogP contribution < -0.4 is 14.8 Å². The monoisotopic (exact) mass is 416 g/mol. The lowest BCUT2D eigenvalue weighted by molar-refractivity contribution is 0.190. The van der Waals surface area contributed by atoms with Gasteiger partial charge < -0.3 is 19.3 Å². The van der Waals surface area contributed by atoms with Crippen LogP contribution >= 0.6 is 24.0 Å². The van der Waals surface area contributed by atoms with Crippen LogP contribution in [0.15, 0.2) is 16.7 Å². The molecule has 0 radical (unpaired) electrons. The molecule has 1 unspecified atom stereocenters. The van der Waals surface area contributed by atoms with Crippen molar-refractivity contribution in [3.05, 3.63) is 23.0 Å². The van der Waals surface area contributed by atoms with Crippen LogP contribution in [0.5, 0.6) is 11.5 Å². The molecular formula is C18H26Cl2N4O3. The molecule has 7 nitrogen and oxygen atoms in total. The molecule has 1 atom stereocenters. The summed E-state index contributed by atoms with van der Waals surface area (Å²) in [7, 11) is 3.64. The summed E-state index contributed by atoms with van der Waals surface area (Å²) in [5.74, 6) is 2.53. The van der Waals surface area contributed by atoms with Gasteiger partial charge in [-0.05, 0) is 25.1 Å². The molecular weight excluding hydrogens is 391 g/mol. The molecule has 0 amide bonds. The number of benzene rings is 1. The first-order valence-electron chi connectivity index (χ1n) is 8.74. The molecule has 1 aromatic heterocycles. The van der Waals surface area contributed by atoms with Crippen LogP contribution in [0, 0.1) is 5.92 Å². The number of nitrogens with zero attached hydrogens (tertiary/aromatic N) is 3. The minimum atomic E-state index is 0. The molecule has 1 N–H and O–H groups in total. The number of nitrogens with one attached hydrogen (secondary N) is 1. The summed E-state index contributed by atoms with van der Waals surface area (Å²) in [5.41, 5.74) is 0.703. The molecule has 1 saturated heterocycles. The van der Waals surface area contributed by atoms with Gasteiger partial charge in [0.2, 0.25) is 0 Å². The fourth-order valence-corrected chi connectivity index (χ4v) is 3.08. The van der Waals surface area contributed by atoms with E-state index in [-0.39, 0.29) is 18.4 Å². The number of ether oxygens (including phenoxy) is 2. The normalized spacial score (nSPS) is 17.6. The molecule has 1 fully saturated rings. The maximum absolute atomic E-state index is 6.41. The van der Waals surface area contributed by atoms with E-state index in [1.165, 1.54) is 0 Å². The number of hydrogen-bond donors (Lipinski definition) is 1. The zero-order valence-corrected chi connectivity index (χ0v) is 17.6. The van der Waals surface area contributed by atoms with E-state index in [0.29, 0.717) is 46.3 Å². The summed E-state index contributed by atoms with van der Waals surface area (Å²) in [6.07, 6.45) is 0. The molecule has 9 heteroatoms. The first-order valence-corrected chi connectivity index (χ1v) is 9.12. The van der Waals surface area contributed by atoms with Crippen molar-refractivity contribution in [3.63, 3.8) is 0 Å². The maximum atomic E-state index is 6.41. The van der Waals surface area contributed by atoms with Gasteiger partial charge in [0, 0.05) is 25.2 Å². The molecule has 1 aliphatic heterocycles. The Hall–Kier alpha value is -1.54. The van der Waals surface area contributed by atoms with E-state index in [4.69, 9.17) is 25.6 Å². The van der Waals surface area contributed by atoms with Crippen LogP contribution in [0.25, 0.3) is 11.5 Å². The average molecular weight is 417 g/mol. The Morgan fingerprint density at radius 3 is 2.85 bits per heavy atom. The Balaban J connectivity index is 0.00000261. The van der Waals surface area contributed by atoms with E-state index >= 15 is 0 Å². The predicted octanol–water partition coefficient (Wildman–Crippen LogP) is 3.43. The molecule has 0 saturated carbocycles. The largest absolute Gasteiger partial charge is 0.493 e. The number of piperazine rings is 1. The second kappa shape index (κ2) is 9.59. The summed E-state index contributed by atoms with van der Waals surface area (Å²) >= 11 is 6.41. The van der Waals surface area contributed by atoms with Gasteiger partial charge in [-0.1, -0.05) is 30.6 Å². The highest BCUT2D eigenvalue weighted by atomic mass is 35.5. The lowest BCUT2D eigenvalue weighted by Gasteiger charge is -2.30. The van der Waals surface area contributed by atoms with Crippen LogP contribution in [0.1, 0.15) is 25.7 Å². The van der Waals surface area contributed by atoms with E-state index in [0.717, 1.165) is 19.6 Å². The molecule has 0 aliphatic carbocycles. The summed E-state index contributed by atoms with van der Waals surface area (Å²) in [6.45, 7) is 7.40. The lowest BCUT2D eigenvalue weighted by atomic mass is 10.1. The molecule has 1 aliphatic rings. The maximum Gasteiger partial charge on any atom is 0.258 e. The minimum absolute atomic E-state index is 0. The topological polar surface area (TPSA) is 72.7 Å². The van der Waals surface area contributed by atoms with Crippen molar-refractivity contribution in [1.29, 1.82) is 0 Å². The van der Waals surface area contributed by atoms with Gasteiger partial charge in [-0.15, -0.1) is 12.4 Å². The van der Waals surface area contributed by atoms with Crippen LogP contribution in [0.2, 0.25) is 5.02 Å². The Morgan fingerprint density at radius 2 is 2.19 bits per heavy atom. The first kappa shape index (κ1) is 21.8. The number of hydrogen-bond acceptors (Lipinski definition) is 7. The fourth-order valence-electron chi connectivity index (χ4n) is 2.82. The molecule has 0 bridgehead atoms. The van der Waals surface area contributed by atoms with Gasteiger partial charge in [0.1, 0.15) is 0 Å². The molecule has 2 heterocycles. The zero-order valence-electron chi connectivity index (χ0n) is 16.0. The summed E-state index contributed by atoms with van der Waals surface area (Å²) < 4.78 is 16.7. The smallest absolute Gasteiger partial charge is 0.258 e. The second-order valence-electron chi connectivity index (χ2n) is 6.85. The van der Waals surface area contributed by atoms with E-state index in [9.17, 15) is 0 Å². The molecule has 1 aromatic carbocycles. The van der Waals surface area contributed by atoms with Crippen LogP contribution in [0.4, 0.5) is 0 Å². The van der Waals surface area contributed by atoms with Crippen molar-refractivity contribution in [1.82, 2.24) is 20.4 Å². The van der Waals surface area contributed by atoms with Crippen LogP contribution in [-0.2, 0) is 0 Å². The third kappa shape index (κ3) is 5.04. The van der Waals surface area contributed by atoms with Crippen molar-refractivity contribution in [3.8, 4) is 23.0 Å². The summed E-state index contributed by atoms with van der Waals surface area (Å²) in [4.78, 5) is 6.77. The summed E-state index contributed by atoms with van der Waals surface area (Å²) in [5, 5.41) is 7.96. The van der Waals surface area contributed by atoms with Gasteiger partial charge in [-0.2, -0.15) is 4.98 Å². The molecule has 150 valence electrons. The molecule has 0 spiro atoms. The Labute approximate surface area is 170 Å². The Morgan fingerprint density at radius 1 is 1.41 bits per heavy atom. The van der Waals surface area contributed by atoms with Crippen LogP contribution in [0.3, 0.4) is 0 Å². The van der Waals surface area contributed by atoms with Gasteiger partial charge in [0.05, 0.1) is 24.8 Å². The van der Waals surface area contributed by atoms with E-state index in [1.807, 2.05) is 6.07 Å². The standard InChI is InChI=1S/C18H25ClN4O3.ClH/c1-11(2)10-25-16-13(19)7-12(8-15(16)24-4)18-21-17(22-26-18)14-9-20-5-6-23(14)3;/h7-8,11,14,20H,5-6,9-10H2,1-4H3;1H. The van der Waals surface area contributed by atoms with Crippen molar-refractivity contribution in [2.24, 2.45) is 5.92 Å². The van der Waals surface area contributed by atoms with Gasteiger partial charge in [-0.25, -0.2) is 0 Å². The number of likely N-dealkylation sites (N-methyl/N-ethyl adjacent to an activating group) is 1. The first-order chi connectivity index (χ1) is 12.5. The van der Waals surface area contributed by atoms with Crippen molar-refractivity contribution >= 4 is 24.0 Å². The third-order valence-corrected chi connectivity index (χ3v) is 4.57. The quantitative estimate of drug-likeness (QED) is 0.772. The van der Waals surface area contributed by atoms with Crippen molar-refractivity contribution in [2.45, 2.75) is 19.9 Å². The van der Waals surface area contributed by atoms with E-state index in [1.54, 1.807) is 13.2 Å². The average Bonchev–Trinajstić information content (AvgIpc) is 3.10. The second-order valence-corrected chi connectivity index (χ2v) is 7.26. The zero-order chi connectivity index (χ0) is 18.7. The van der Waals surface area contributed by atoms with E-state index in [2.05, 4.69) is 41.3 Å². The predicted molar refractivity (Wildman–Crippen MR) is 107 cm³/mol. The number of methoxy groups -OCH3 is 1. The highest BCUT2D eigenvalue weighted by Crippen LogP contribution is 2.39. The third-order valence-electron chi connectivity index (χ3n) is 4.29. The molecule has 3 rings (SSSR count). The van der Waals surface area contributed by atoms with Gasteiger partial charge in [0.15, 0.2) is 17.3 Å². The van der Waals surface area contributed by atoms with Crippen LogP contribution in [-0.4, -0.2) is 55.4 Å². The lowest BCUT2D eigenvalue weighted by Crippen LogP contribution is -2.44. The number of rotatable bonds is 6. The Kier molecular flexibility index (Phi) is 7.73. The fraction of sp³-hybridized carbons (Fsp3) is 0.556. The van der Waals surface area contributed by atoms with E-state index < -0.39 is 0 Å². The highest BCUT2D eigenvalue weighted by Gasteiger charge is 2.26. The number of halogens is 2. The number of aromatic nitrogens is 2.